The average Bonchev–Trinajstić information content (AvgIpc) is 2.54. The van der Waals surface area contributed by atoms with Crippen LogP contribution in [0.15, 0.2) is 42.5 Å². The summed E-state index contributed by atoms with van der Waals surface area (Å²) in [5, 5.41) is 29.0. The molecule has 0 radical (unpaired) electrons. The molecule has 0 amide bonds. The van der Waals surface area contributed by atoms with Gasteiger partial charge in [0.2, 0.25) is 0 Å². The van der Waals surface area contributed by atoms with E-state index in [1.807, 2.05) is 18.2 Å². The lowest BCUT2D eigenvalue weighted by Gasteiger charge is -2.42. The summed E-state index contributed by atoms with van der Waals surface area (Å²) in [6.45, 7) is 0. The number of hydrogen-bond acceptors (Lipinski definition) is 4. The maximum absolute atomic E-state index is 9.76. The molecule has 1 aromatic rings. The standard InChI is InChI=1S/C16H13N3O/c1-20-14-8-5-9-15(10-17,16(14,11-18)12-19)13-6-3-2-4-7-13/h2-8,14H,9H2,1H3/t14-,15-/m0/s1. The predicted octanol–water partition coefficient (Wildman–Crippen LogP) is 2.46. The van der Waals surface area contributed by atoms with Crippen molar-refractivity contribution in [3.8, 4) is 18.2 Å². The summed E-state index contributed by atoms with van der Waals surface area (Å²) < 4.78 is 5.28. The molecule has 0 unspecified atom stereocenters. The molecule has 98 valence electrons. The smallest absolute Gasteiger partial charge is 0.195 e. The van der Waals surface area contributed by atoms with Crippen molar-refractivity contribution in [1.82, 2.24) is 0 Å². The highest BCUT2D eigenvalue weighted by Gasteiger charge is 2.60. The van der Waals surface area contributed by atoms with Gasteiger partial charge in [-0.1, -0.05) is 42.5 Å². The molecular weight excluding hydrogens is 250 g/mol. The molecular formula is C16H13N3O. The lowest BCUT2D eigenvalue weighted by molar-refractivity contribution is 0.0446. The maximum Gasteiger partial charge on any atom is 0.195 e. The highest BCUT2D eigenvalue weighted by molar-refractivity contribution is 5.48. The first-order valence-electron chi connectivity index (χ1n) is 6.19. The third-order valence-electron chi connectivity index (χ3n) is 3.90. The van der Waals surface area contributed by atoms with Crippen LogP contribution < -0.4 is 0 Å². The molecule has 0 aliphatic heterocycles. The fourth-order valence-electron chi connectivity index (χ4n) is 2.78. The molecule has 0 saturated heterocycles. The zero-order chi connectivity index (χ0) is 14.6. The van der Waals surface area contributed by atoms with Crippen molar-refractivity contribution in [3.05, 3.63) is 48.0 Å². The van der Waals surface area contributed by atoms with Gasteiger partial charge in [0.05, 0.1) is 18.2 Å². The maximum atomic E-state index is 9.76. The second-order valence-corrected chi connectivity index (χ2v) is 4.70. The number of nitriles is 3. The Morgan fingerprint density at radius 2 is 1.75 bits per heavy atom. The molecule has 0 aromatic heterocycles. The zero-order valence-electron chi connectivity index (χ0n) is 11.1. The molecule has 20 heavy (non-hydrogen) atoms. The van der Waals surface area contributed by atoms with E-state index in [4.69, 9.17) is 4.74 Å². The highest BCUT2D eigenvalue weighted by Crippen LogP contribution is 2.50. The van der Waals surface area contributed by atoms with Gasteiger partial charge in [-0.15, -0.1) is 0 Å². The summed E-state index contributed by atoms with van der Waals surface area (Å²) >= 11 is 0. The van der Waals surface area contributed by atoms with Crippen molar-refractivity contribution in [1.29, 1.82) is 15.8 Å². The highest BCUT2D eigenvalue weighted by atomic mass is 16.5. The van der Waals surface area contributed by atoms with Crippen LogP contribution >= 0.6 is 0 Å². The summed E-state index contributed by atoms with van der Waals surface area (Å²) in [6.07, 6.45) is 3.07. The minimum Gasteiger partial charge on any atom is -0.375 e. The van der Waals surface area contributed by atoms with E-state index in [0.717, 1.165) is 0 Å². The molecule has 0 spiro atoms. The van der Waals surface area contributed by atoms with E-state index < -0.39 is 16.9 Å². The fourth-order valence-corrected chi connectivity index (χ4v) is 2.78. The minimum atomic E-state index is -1.56. The predicted molar refractivity (Wildman–Crippen MR) is 71.9 cm³/mol. The quantitative estimate of drug-likeness (QED) is 0.767. The lowest BCUT2D eigenvalue weighted by atomic mass is 9.55. The second kappa shape index (κ2) is 5.17. The summed E-state index contributed by atoms with van der Waals surface area (Å²) in [7, 11) is 1.44. The molecule has 1 aliphatic rings. The number of ether oxygens (including phenoxy) is 1. The summed E-state index contributed by atoms with van der Waals surface area (Å²) in [5.41, 5.74) is -2.13. The molecule has 0 heterocycles. The normalized spacial score (nSPS) is 27.0. The second-order valence-electron chi connectivity index (χ2n) is 4.70. The van der Waals surface area contributed by atoms with Crippen LogP contribution in [-0.4, -0.2) is 13.2 Å². The van der Waals surface area contributed by atoms with E-state index in [1.165, 1.54) is 7.11 Å². The zero-order valence-corrected chi connectivity index (χ0v) is 11.1. The summed E-state index contributed by atoms with van der Waals surface area (Å²) in [4.78, 5) is 0. The van der Waals surface area contributed by atoms with E-state index in [-0.39, 0.29) is 0 Å². The van der Waals surface area contributed by atoms with E-state index in [2.05, 4.69) is 6.07 Å². The summed E-state index contributed by atoms with van der Waals surface area (Å²) in [5.74, 6) is 0. The van der Waals surface area contributed by atoms with Crippen molar-refractivity contribution in [2.45, 2.75) is 17.9 Å². The number of benzene rings is 1. The summed E-state index contributed by atoms with van der Waals surface area (Å²) in [6, 6.07) is 15.3. The fraction of sp³-hybridized carbons (Fsp3) is 0.312. The number of nitrogens with zero attached hydrogens (tertiary/aromatic N) is 3. The topological polar surface area (TPSA) is 80.6 Å². The van der Waals surface area contributed by atoms with Gasteiger partial charge in [0.15, 0.2) is 5.41 Å². The van der Waals surface area contributed by atoms with Gasteiger partial charge in [0.25, 0.3) is 0 Å². The molecule has 4 nitrogen and oxygen atoms in total. The van der Waals surface area contributed by atoms with Gasteiger partial charge < -0.3 is 4.74 Å². The Labute approximate surface area is 118 Å². The van der Waals surface area contributed by atoms with Crippen LogP contribution in [0.4, 0.5) is 0 Å². The Morgan fingerprint density at radius 1 is 1.10 bits per heavy atom. The van der Waals surface area contributed by atoms with Crippen LogP contribution in [-0.2, 0) is 10.2 Å². The van der Waals surface area contributed by atoms with Crippen LogP contribution in [0, 0.1) is 39.4 Å². The first kappa shape index (κ1) is 13.8. The minimum absolute atomic E-state index is 0.314. The van der Waals surface area contributed by atoms with Crippen molar-refractivity contribution in [2.75, 3.05) is 7.11 Å². The Kier molecular flexibility index (Phi) is 3.57. The van der Waals surface area contributed by atoms with E-state index >= 15 is 0 Å². The largest absolute Gasteiger partial charge is 0.375 e. The van der Waals surface area contributed by atoms with Crippen LogP contribution in [0.5, 0.6) is 0 Å². The van der Waals surface area contributed by atoms with Crippen molar-refractivity contribution in [2.24, 2.45) is 5.41 Å². The Bertz CT molecular complexity index is 631. The van der Waals surface area contributed by atoms with Gasteiger partial charge >= 0.3 is 0 Å². The van der Waals surface area contributed by atoms with Gasteiger partial charge in [0, 0.05) is 7.11 Å². The SMILES string of the molecule is CO[C@H]1C=CC[C@](C#N)(c2ccccc2)C1(C#N)C#N. The molecule has 0 saturated carbocycles. The first-order chi connectivity index (χ1) is 9.70. The number of methoxy groups -OCH3 is 1. The Balaban J connectivity index is 2.76. The molecule has 2 rings (SSSR count). The van der Waals surface area contributed by atoms with E-state index in [9.17, 15) is 15.8 Å². The van der Waals surface area contributed by atoms with Crippen molar-refractivity contribution < 1.29 is 4.74 Å². The number of rotatable bonds is 2. The lowest BCUT2D eigenvalue weighted by Crippen LogP contribution is -2.52. The Hall–Kier alpha value is -2.61. The van der Waals surface area contributed by atoms with E-state index in [1.54, 1.807) is 36.4 Å². The average molecular weight is 263 g/mol. The molecule has 0 bridgehead atoms. The molecule has 1 aromatic carbocycles. The molecule has 1 aliphatic carbocycles. The third-order valence-corrected chi connectivity index (χ3v) is 3.90. The Morgan fingerprint density at radius 3 is 2.25 bits per heavy atom. The molecule has 0 N–H and O–H groups in total. The molecule has 2 atom stereocenters. The van der Waals surface area contributed by atoms with Gasteiger partial charge in [-0.3, -0.25) is 0 Å². The van der Waals surface area contributed by atoms with E-state index in [0.29, 0.717) is 12.0 Å². The van der Waals surface area contributed by atoms with Gasteiger partial charge in [-0.05, 0) is 12.0 Å². The molecule has 4 heteroatoms. The van der Waals surface area contributed by atoms with Crippen LogP contribution in [0.25, 0.3) is 0 Å². The monoisotopic (exact) mass is 263 g/mol. The molecule has 0 fully saturated rings. The third kappa shape index (κ3) is 1.62. The van der Waals surface area contributed by atoms with Crippen molar-refractivity contribution in [3.63, 3.8) is 0 Å². The van der Waals surface area contributed by atoms with Gasteiger partial charge in [-0.2, -0.15) is 15.8 Å². The van der Waals surface area contributed by atoms with Crippen LogP contribution in [0.1, 0.15) is 12.0 Å². The van der Waals surface area contributed by atoms with Crippen LogP contribution in [0.2, 0.25) is 0 Å². The first-order valence-corrected chi connectivity index (χ1v) is 6.19. The number of allylic oxidation sites excluding steroid dienone is 1. The van der Waals surface area contributed by atoms with Gasteiger partial charge in [0.1, 0.15) is 11.5 Å². The number of hydrogen-bond donors (Lipinski definition) is 0. The van der Waals surface area contributed by atoms with Crippen molar-refractivity contribution >= 4 is 0 Å². The van der Waals surface area contributed by atoms with Crippen LogP contribution in [0.3, 0.4) is 0 Å². The van der Waals surface area contributed by atoms with Gasteiger partial charge in [-0.25, -0.2) is 0 Å².